The Morgan fingerprint density at radius 1 is 1.23 bits per heavy atom. The number of nitrogens with zero attached hydrogens (tertiary/aromatic N) is 2. The molecule has 0 bridgehead atoms. The average Bonchev–Trinajstić information content (AvgIpc) is 2.98. The molecule has 0 atom stereocenters. The largest absolute Gasteiger partial charge is 0.465 e. The summed E-state index contributed by atoms with van der Waals surface area (Å²) in [4.78, 5) is 21.9. The van der Waals surface area contributed by atoms with Crippen LogP contribution in [0, 0.1) is 12.8 Å². The van der Waals surface area contributed by atoms with Crippen LogP contribution in [-0.4, -0.2) is 23.8 Å². The highest BCUT2D eigenvalue weighted by Gasteiger charge is 2.15. The summed E-state index contributed by atoms with van der Waals surface area (Å²) >= 11 is 1.77. The van der Waals surface area contributed by atoms with Crippen LogP contribution in [0.2, 0.25) is 0 Å². The van der Waals surface area contributed by atoms with Crippen molar-refractivity contribution in [1.82, 2.24) is 4.98 Å². The van der Waals surface area contributed by atoms with Gasteiger partial charge in [-0.1, -0.05) is 32.0 Å². The highest BCUT2D eigenvalue weighted by Crippen LogP contribution is 2.33. The predicted octanol–water partition coefficient (Wildman–Crippen LogP) is 5.56. The first-order chi connectivity index (χ1) is 12.5. The molecule has 0 saturated heterocycles. The highest BCUT2D eigenvalue weighted by molar-refractivity contribution is 7.21. The van der Waals surface area contributed by atoms with Gasteiger partial charge in [0.25, 0.3) is 0 Å². The molecule has 0 amide bonds. The SMILES string of the molecule is COC(=O)c1ccc(N=C(CC(C)C)c2sc3ccccc3c2C)nc1. The molecule has 5 heteroatoms. The van der Waals surface area contributed by atoms with Crippen LogP contribution in [0.4, 0.5) is 5.82 Å². The number of rotatable bonds is 5. The fourth-order valence-corrected chi connectivity index (χ4v) is 4.06. The smallest absolute Gasteiger partial charge is 0.339 e. The summed E-state index contributed by atoms with van der Waals surface area (Å²) in [6.45, 7) is 6.52. The highest BCUT2D eigenvalue weighted by atomic mass is 32.1. The molecule has 26 heavy (non-hydrogen) atoms. The Balaban J connectivity index is 2.03. The van der Waals surface area contributed by atoms with Crippen LogP contribution in [0.1, 0.15) is 41.1 Å². The molecule has 0 radical (unpaired) electrons. The fraction of sp³-hybridized carbons (Fsp3) is 0.286. The zero-order valence-electron chi connectivity index (χ0n) is 15.4. The molecule has 0 N–H and O–H groups in total. The van der Waals surface area contributed by atoms with E-state index >= 15 is 0 Å². The van der Waals surface area contributed by atoms with E-state index < -0.39 is 5.97 Å². The number of aromatic nitrogens is 1. The lowest BCUT2D eigenvalue weighted by atomic mass is 10.0. The number of hydrogen-bond acceptors (Lipinski definition) is 5. The van der Waals surface area contributed by atoms with Crippen molar-refractivity contribution in [2.24, 2.45) is 10.9 Å². The van der Waals surface area contributed by atoms with E-state index in [2.05, 4.69) is 50.0 Å². The quantitative estimate of drug-likeness (QED) is 0.439. The number of thiophene rings is 1. The summed E-state index contributed by atoms with van der Waals surface area (Å²) in [6, 6.07) is 11.9. The topological polar surface area (TPSA) is 51.5 Å². The third-order valence-corrected chi connectivity index (χ3v) is 5.45. The van der Waals surface area contributed by atoms with Gasteiger partial charge >= 0.3 is 5.97 Å². The van der Waals surface area contributed by atoms with Crippen LogP contribution in [0.25, 0.3) is 10.1 Å². The molecule has 0 saturated carbocycles. The van der Waals surface area contributed by atoms with Crippen LogP contribution in [0.5, 0.6) is 0 Å². The van der Waals surface area contributed by atoms with Crippen LogP contribution >= 0.6 is 11.3 Å². The number of ether oxygens (including phenoxy) is 1. The molecule has 0 aliphatic rings. The predicted molar refractivity (Wildman–Crippen MR) is 108 cm³/mol. The van der Waals surface area contributed by atoms with Crippen LogP contribution in [0.15, 0.2) is 47.6 Å². The Kier molecular flexibility index (Phi) is 5.47. The monoisotopic (exact) mass is 366 g/mol. The summed E-state index contributed by atoms with van der Waals surface area (Å²) in [5.41, 5.74) is 2.73. The van der Waals surface area contributed by atoms with E-state index in [0.717, 1.165) is 12.1 Å². The van der Waals surface area contributed by atoms with Gasteiger partial charge in [0, 0.05) is 10.9 Å². The third-order valence-electron chi connectivity index (χ3n) is 4.13. The van der Waals surface area contributed by atoms with E-state index in [1.54, 1.807) is 23.5 Å². The van der Waals surface area contributed by atoms with Crippen molar-refractivity contribution in [3.8, 4) is 0 Å². The Labute approximate surface area is 157 Å². The molecular weight excluding hydrogens is 344 g/mol. The van der Waals surface area contributed by atoms with Gasteiger partial charge < -0.3 is 4.74 Å². The van der Waals surface area contributed by atoms with Crippen LogP contribution in [-0.2, 0) is 4.74 Å². The minimum Gasteiger partial charge on any atom is -0.465 e. The molecule has 0 unspecified atom stereocenters. The van der Waals surface area contributed by atoms with Crippen molar-refractivity contribution >= 4 is 38.9 Å². The number of fused-ring (bicyclic) bond motifs is 1. The summed E-state index contributed by atoms with van der Waals surface area (Å²) in [7, 11) is 1.36. The first-order valence-corrected chi connectivity index (χ1v) is 9.41. The maximum absolute atomic E-state index is 11.6. The second-order valence-corrected chi connectivity index (χ2v) is 7.66. The van der Waals surface area contributed by atoms with E-state index in [1.807, 2.05) is 0 Å². The van der Waals surface area contributed by atoms with Gasteiger partial charge in [0.15, 0.2) is 5.82 Å². The van der Waals surface area contributed by atoms with Crippen LogP contribution in [0.3, 0.4) is 0 Å². The zero-order chi connectivity index (χ0) is 18.7. The molecule has 0 aliphatic heterocycles. The van der Waals surface area contributed by atoms with Crippen molar-refractivity contribution in [2.75, 3.05) is 7.11 Å². The summed E-state index contributed by atoms with van der Waals surface area (Å²) < 4.78 is 5.98. The molecule has 2 aromatic heterocycles. The van der Waals surface area contributed by atoms with E-state index in [9.17, 15) is 4.79 Å². The second kappa shape index (κ2) is 7.79. The molecule has 3 aromatic rings. The number of aliphatic imine (C=N–C) groups is 1. The van der Waals surface area contributed by atoms with Gasteiger partial charge in [-0.15, -0.1) is 11.3 Å². The minimum atomic E-state index is -0.393. The molecular formula is C21H22N2O2S. The van der Waals surface area contributed by atoms with E-state index in [1.165, 1.54) is 33.8 Å². The van der Waals surface area contributed by atoms with Crippen LogP contribution < -0.4 is 0 Å². The van der Waals surface area contributed by atoms with E-state index in [4.69, 9.17) is 9.73 Å². The average molecular weight is 366 g/mol. The van der Waals surface area contributed by atoms with Gasteiger partial charge in [-0.3, -0.25) is 0 Å². The number of hydrogen-bond donors (Lipinski definition) is 0. The maximum atomic E-state index is 11.6. The van der Waals surface area contributed by atoms with Gasteiger partial charge in [-0.25, -0.2) is 14.8 Å². The number of carbonyl (C=O) groups is 1. The molecule has 3 rings (SSSR count). The van der Waals surface area contributed by atoms with Crippen molar-refractivity contribution in [1.29, 1.82) is 0 Å². The Morgan fingerprint density at radius 3 is 2.62 bits per heavy atom. The van der Waals surface area contributed by atoms with E-state index in [0.29, 0.717) is 17.3 Å². The number of aryl methyl sites for hydroxylation is 1. The van der Waals surface area contributed by atoms with Gasteiger partial charge in [0.1, 0.15) is 0 Å². The van der Waals surface area contributed by atoms with E-state index in [-0.39, 0.29) is 0 Å². The molecule has 0 fully saturated rings. The summed E-state index contributed by atoms with van der Waals surface area (Å²) in [6.07, 6.45) is 2.38. The number of carbonyl (C=O) groups excluding carboxylic acids is 1. The van der Waals surface area contributed by atoms with Crippen molar-refractivity contribution < 1.29 is 9.53 Å². The lowest BCUT2D eigenvalue weighted by Gasteiger charge is -2.09. The molecule has 0 spiro atoms. The Hall–Kier alpha value is -2.53. The standard InChI is InChI=1S/C21H22N2O2S/c1-13(2)11-17(20-14(3)16-7-5-6-8-18(16)26-20)23-19-10-9-15(12-22-19)21(24)25-4/h5-10,12-13H,11H2,1-4H3. The Morgan fingerprint density at radius 2 is 2.00 bits per heavy atom. The lowest BCUT2D eigenvalue weighted by Crippen LogP contribution is -2.05. The summed E-state index contributed by atoms with van der Waals surface area (Å²) in [5.74, 6) is 0.689. The van der Waals surface area contributed by atoms with Crippen molar-refractivity contribution in [3.63, 3.8) is 0 Å². The third kappa shape index (κ3) is 3.83. The molecule has 0 aliphatic carbocycles. The first kappa shape index (κ1) is 18.3. The van der Waals surface area contributed by atoms with Crippen molar-refractivity contribution in [3.05, 3.63) is 58.6 Å². The normalized spacial score (nSPS) is 12.0. The fourth-order valence-electron chi connectivity index (χ4n) is 2.85. The number of methoxy groups -OCH3 is 1. The number of pyridine rings is 1. The van der Waals surface area contributed by atoms with Gasteiger partial charge in [-0.05, 0) is 48.4 Å². The molecule has 134 valence electrons. The molecule has 4 nitrogen and oxygen atoms in total. The zero-order valence-corrected chi connectivity index (χ0v) is 16.3. The van der Waals surface area contributed by atoms with Gasteiger partial charge in [0.2, 0.25) is 0 Å². The number of benzene rings is 1. The van der Waals surface area contributed by atoms with Gasteiger partial charge in [-0.2, -0.15) is 0 Å². The second-order valence-electron chi connectivity index (χ2n) is 6.61. The minimum absolute atomic E-state index is 0.393. The van der Waals surface area contributed by atoms with Crippen molar-refractivity contribution in [2.45, 2.75) is 27.2 Å². The molecule has 1 aromatic carbocycles. The Bertz CT molecular complexity index is 956. The lowest BCUT2D eigenvalue weighted by molar-refractivity contribution is 0.0600. The summed E-state index contributed by atoms with van der Waals surface area (Å²) in [5, 5.41) is 1.28. The number of esters is 1. The first-order valence-electron chi connectivity index (χ1n) is 8.60. The maximum Gasteiger partial charge on any atom is 0.339 e. The molecule has 2 heterocycles. The van der Waals surface area contributed by atoms with Gasteiger partial charge in [0.05, 0.1) is 23.3 Å².